The smallest absolute Gasteiger partial charge is 0.363 e. The summed E-state index contributed by atoms with van der Waals surface area (Å²) < 4.78 is 30.8. The number of aliphatic imine (C=N–C) groups is 1. The number of ether oxygens (including phenoxy) is 3. The number of cyclic esters (lactones) is 1. The lowest BCUT2D eigenvalue weighted by molar-refractivity contribution is -0.129. The number of benzene rings is 2. The topological polar surface area (TPSA) is 57.1 Å². The summed E-state index contributed by atoms with van der Waals surface area (Å²) in [5, 5.41) is 0. The molecule has 0 fully saturated rings. The Kier molecular flexibility index (Phi) is 5.91. The monoisotopic (exact) mass is 433 g/mol. The SMILES string of the molecule is CCCOc1c(Br)cc(/C=C2/N=C(c3ccccc3F)OC2=O)cc1OC. The van der Waals surface area contributed by atoms with Gasteiger partial charge in [-0.2, -0.15) is 0 Å². The summed E-state index contributed by atoms with van der Waals surface area (Å²) in [5.74, 6) is -0.0968. The number of nitrogens with zero attached hydrogens (tertiary/aromatic N) is 1. The fraction of sp³-hybridized carbons (Fsp3) is 0.200. The molecule has 0 saturated heterocycles. The van der Waals surface area contributed by atoms with E-state index in [0.29, 0.717) is 28.1 Å². The van der Waals surface area contributed by atoms with E-state index in [0.717, 1.165) is 6.42 Å². The van der Waals surface area contributed by atoms with E-state index in [4.69, 9.17) is 14.2 Å². The first kappa shape index (κ1) is 19.1. The lowest BCUT2D eigenvalue weighted by Crippen LogP contribution is -2.07. The first-order valence-corrected chi connectivity index (χ1v) is 9.10. The number of carbonyl (C=O) groups is 1. The molecule has 5 nitrogen and oxygen atoms in total. The Morgan fingerprint density at radius 3 is 2.78 bits per heavy atom. The molecule has 2 aromatic carbocycles. The lowest BCUT2D eigenvalue weighted by atomic mass is 10.1. The first-order valence-electron chi connectivity index (χ1n) is 8.31. The van der Waals surface area contributed by atoms with E-state index >= 15 is 0 Å². The van der Waals surface area contributed by atoms with Crippen molar-refractivity contribution in [2.45, 2.75) is 13.3 Å². The molecule has 1 aliphatic rings. The average Bonchev–Trinajstić information content (AvgIpc) is 3.01. The second kappa shape index (κ2) is 8.35. The Bertz CT molecular complexity index is 940. The second-order valence-electron chi connectivity index (χ2n) is 5.70. The molecule has 27 heavy (non-hydrogen) atoms. The summed E-state index contributed by atoms with van der Waals surface area (Å²) in [6.07, 6.45) is 2.41. The van der Waals surface area contributed by atoms with Crippen molar-refractivity contribution < 1.29 is 23.4 Å². The minimum atomic E-state index is -0.644. The van der Waals surface area contributed by atoms with Gasteiger partial charge in [0.05, 0.1) is 23.8 Å². The van der Waals surface area contributed by atoms with Gasteiger partial charge in [-0.25, -0.2) is 14.2 Å². The van der Waals surface area contributed by atoms with Crippen molar-refractivity contribution in [1.29, 1.82) is 0 Å². The standard InChI is InChI=1S/C20H17BrFNO4/c1-3-8-26-18-14(21)9-12(11-17(18)25-2)10-16-20(24)27-19(23-16)13-6-4-5-7-15(13)22/h4-7,9-11H,3,8H2,1-2H3/b16-10+. The fourth-order valence-electron chi connectivity index (χ4n) is 2.48. The van der Waals surface area contributed by atoms with E-state index in [1.165, 1.54) is 19.2 Å². The molecule has 140 valence electrons. The maximum atomic E-state index is 13.9. The molecule has 0 amide bonds. The minimum absolute atomic E-state index is 0.0571. The van der Waals surface area contributed by atoms with Gasteiger partial charge in [0, 0.05) is 0 Å². The van der Waals surface area contributed by atoms with Crippen LogP contribution in [0, 0.1) is 5.82 Å². The van der Waals surface area contributed by atoms with Gasteiger partial charge in [-0.15, -0.1) is 0 Å². The highest BCUT2D eigenvalue weighted by molar-refractivity contribution is 9.10. The lowest BCUT2D eigenvalue weighted by Gasteiger charge is -2.13. The third-order valence-corrected chi connectivity index (χ3v) is 4.32. The van der Waals surface area contributed by atoms with Crippen LogP contribution in [-0.2, 0) is 9.53 Å². The van der Waals surface area contributed by atoms with Gasteiger partial charge in [0.1, 0.15) is 5.82 Å². The Morgan fingerprint density at radius 1 is 1.30 bits per heavy atom. The number of hydrogen-bond acceptors (Lipinski definition) is 5. The maximum Gasteiger partial charge on any atom is 0.363 e. The highest BCUT2D eigenvalue weighted by Gasteiger charge is 2.26. The Balaban J connectivity index is 1.95. The van der Waals surface area contributed by atoms with Crippen LogP contribution in [0.3, 0.4) is 0 Å². The van der Waals surface area contributed by atoms with Crippen molar-refractivity contribution in [3.05, 3.63) is 63.5 Å². The van der Waals surface area contributed by atoms with Crippen LogP contribution >= 0.6 is 15.9 Å². The molecular formula is C20H17BrFNO4. The summed E-state index contributed by atoms with van der Waals surface area (Å²) >= 11 is 3.46. The largest absolute Gasteiger partial charge is 0.493 e. The molecule has 0 N–H and O–H groups in total. The minimum Gasteiger partial charge on any atom is -0.493 e. The van der Waals surface area contributed by atoms with E-state index in [-0.39, 0.29) is 17.2 Å². The molecule has 0 atom stereocenters. The quantitative estimate of drug-likeness (QED) is 0.487. The molecule has 7 heteroatoms. The van der Waals surface area contributed by atoms with Crippen LogP contribution in [-0.4, -0.2) is 25.6 Å². The molecule has 0 unspecified atom stereocenters. The number of esters is 1. The van der Waals surface area contributed by atoms with Crippen molar-refractivity contribution in [3.63, 3.8) is 0 Å². The predicted octanol–water partition coefficient (Wildman–Crippen LogP) is 4.73. The van der Waals surface area contributed by atoms with Gasteiger partial charge in [0.2, 0.25) is 5.90 Å². The fourth-order valence-corrected chi connectivity index (χ4v) is 3.06. The van der Waals surface area contributed by atoms with Crippen LogP contribution in [0.2, 0.25) is 0 Å². The zero-order valence-corrected chi connectivity index (χ0v) is 16.4. The highest BCUT2D eigenvalue weighted by atomic mass is 79.9. The highest BCUT2D eigenvalue weighted by Crippen LogP contribution is 2.37. The van der Waals surface area contributed by atoms with Gasteiger partial charge in [-0.05, 0) is 58.3 Å². The maximum absolute atomic E-state index is 13.9. The number of carbonyl (C=O) groups excluding carboxylic acids is 1. The van der Waals surface area contributed by atoms with Gasteiger partial charge in [-0.3, -0.25) is 0 Å². The van der Waals surface area contributed by atoms with E-state index in [9.17, 15) is 9.18 Å². The van der Waals surface area contributed by atoms with E-state index in [2.05, 4.69) is 20.9 Å². The van der Waals surface area contributed by atoms with Crippen LogP contribution < -0.4 is 9.47 Å². The third-order valence-electron chi connectivity index (χ3n) is 3.73. The Labute approximate surface area is 164 Å². The van der Waals surface area contributed by atoms with Crippen molar-refractivity contribution >= 4 is 33.9 Å². The van der Waals surface area contributed by atoms with Crippen molar-refractivity contribution in [2.24, 2.45) is 4.99 Å². The Morgan fingerprint density at radius 2 is 2.07 bits per heavy atom. The molecule has 3 rings (SSSR count). The molecule has 0 aliphatic carbocycles. The number of hydrogen-bond donors (Lipinski definition) is 0. The van der Waals surface area contributed by atoms with Crippen LogP contribution in [0.1, 0.15) is 24.5 Å². The zero-order valence-electron chi connectivity index (χ0n) is 14.8. The molecule has 1 aliphatic heterocycles. The van der Waals surface area contributed by atoms with Gasteiger partial charge in [0.15, 0.2) is 17.2 Å². The molecule has 1 heterocycles. The molecule has 2 aromatic rings. The van der Waals surface area contributed by atoms with Gasteiger partial charge < -0.3 is 14.2 Å². The Hall–Kier alpha value is -2.67. The molecule has 0 radical (unpaired) electrons. The second-order valence-corrected chi connectivity index (χ2v) is 6.55. The van der Waals surface area contributed by atoms with E-state index in [1.807, 2.05) is 6.92 Å². The van der Waals surface area contributed by atoms with Crippen molar-refractivity contribution in [3.8, 4) is 11.5 Å². The average molecular weight is 434 g/mol. The van der Waals surface area contributed by atoms with Gasteiger partial charge in [0.25, 0.3) is 0 Å². The van der Waals surface area contributed by atoms with Gasteiger partial charge in [-0.1, -0.05) is 19.1 Å². The summed E-state index contributed by atoms with van der Waals surface area (Å²) in [6, 6.07) is 9.50. The summed E-state index contributed by atoms with van der Waals surface area (Å²) in [7, 11) is 1.54. The molecule has 0 bridgehead atoms. The van der Waals surface area contributed by atoms with E-state index in [1.54, 1.807) is 30.3 Å². The predicted molar refractivity (Wildman–Crippen MR) is 103 cm³/mol. The first-order chi connectivity index (χ1) is 13.0. The van der Waals surface area contributed by atoms with Crippen LogP contribution in [0.25, 0.3) is 6.08 Å². The molecule has 0 aromatic heterocycles. The molecule has 0 spiro atoms. The number of halogens is 2. The number of methoxy groups -OCH3 is 1. The molecule has 0 saturated carbocycles. The third kappa shape index (κ3) is 4.19. The number of rotatable bonds is 6. The van der Waals surface area contributed by atoms with E-state index < -0.39 is 11.8 Å². The van der Waals surface area contributed by atoms with Crippen molar-refractivity contribution in [1.82, 2.24) is 0 Å². The van der Waals surface area contributed by atoms with Crippen LogP contribution in [0.15, 0.2) is 51.6 Å². The summed E-state index contributed by atoms with van der Waals surface area (Å²) in [5.41, 5.74) is 0.869. The normalized spacial score (nSPS) is 14.9. The molecular weight excluding hydrogens is 417 g/mol. The van der Waals surface area contributed by atoms with Crippen LogP contribution in [0.4, 0.5) is 4.39 Å². The van der Waals surface area contributed by atoms with Crippen molar-refractivity contribution in [2.75, 3.05) is 13.7 Å². The summed E-state index contributed by atoms with van der Waals surface area (Å²) in [4.78, 5) is 16.3. The van der Waals surface area contributed by atoms with Crippen LogP contribution in [0.5, 0.6) is 11.5 Å². The zero-order chi connectivity index (χ0) is 19.4. The van der Waals surface area contributed by atoms with Gasteiger partial charge >= 0.3 is 5.97 Å². The summed E-state index contributed by atoms with van der Waals surface area (Å²) in [6.45, 7) is 2.56.